The summed E-state index contributed by atoms with van der Waals surface area (Å²) in [7, 11) is 0. The number of fused-ring (bicyclic) bond motifs is 2. The summed E-state index contributed by atoms with van der Waals surface area (Å²) in [6.45, 7) is 1.99. The maximum atomic E-state index is 9.09. The molecule has 0 atom stereocenters. The van der Waals surface area contributed by atoms with E-state index in [2.05, 4.69) is 10.3 Å². The van der Waals surface area contributed by atoms with Crippen LogP contribution in [-0.4, -0.2) is 10.1 Å². The topological polar surface area (TPSA) is 54.4 Å². The van der Waals surface area contributed by atoms with E-state index in [-0.39, 0.29) is 6.61 Å². The van der Waals surface area contributed by atoms with Crippen LogP contribution in [-0.2, 0) is 6.61 Å². The first kappa shape index (κ1) is 10.1. The smallest absolute Gasteiger partial charge is 0.173 e. The Bertz CT molecular complexity index is 582. The molecule has 2 aromatic rings. The fourth-order valence-electron chi connectivity index (χ4n) is 1.82. The zero-order valence-electron chi connectivity index (χ0n) is 9.40. The molecule has 3 rings (SSSR count). The van der Waals surface area contributed by atoms with Gasteiger partial charge in [-0.3, -0.25) is 0 Å². The molecule has 1 aromatic heterocycles. The number of benzene rings is 1. The number of ether oxygens (including phenoxy) is 1. The minimum absolute atomic E-state index is 0.0170. The number of nitrogens with zero attached hydrogens (tertiary/aromatic N) is 1. The van der Waals surface area contributed by atoms with E-state index in [1.165, 1.54) is 0 Å². The summed E-state index contributed by atoms with van der Waals surface area (Å²) in [5, 5.41) is 12.3. The zero-order chi connectivity index (χ0) is 11.8. The molecule has 0 saturated carbocycles. The Kier molecular flexibility index (Phi) is 2.23. The molecule has 2 N–H and O–H groups in total. The molecule has 1 aliphatic heterocycles. The highest BCUT2D eigenvalue weighted by atomic mass is 16.5. The van der Waals surface area contributed by atoms with Gasteiger partial charge in [-0.1, -0.05) is 6.07 Å². The van der Waals surface area contributed by atoms with Gasteiger partial charge < -0.3 is 15.2 Å². The summed E-state index contributed by atoms with van der Waals surface area (Å²) >= 11 is 0. The predicted octanol–water partition coefficient (Wildman–Crippen LogP) is 2.73. The van der Waals surface area contributed by atoms with Crippen molar-refractivity contribution in [2.45, 2.75) is 13.5 Å². The van der Waals surface area contributed by atoms with Crippen molar-refractivity contribution in [3.05, 3.63) is 41.6 Å². The van der Waals surface area contributed by atoms with Crippen LogP contribution in [0.25, 0.3) is 0 Å². The number of aliphatic hydroxyl groups excluding tert-OH is 1. The number of aryl methyl sites for hydroxylation is 1. The molecule has 0 bridgehead atoms. The van der Waals surface area contributed by atoms with Crippen LogP contribution < -0.4 is 10.1 Å². The summed E-state index contributed by atoms with van der Waals surface area (Å²) < 4.78 is 5.75. The average molecular weight is 228 g/mol. The van der Waals surface area contributed by atoms with Gasteiger partial charge in [0.25, 0.3) is 0 Å². The van der Waals surface area contributed by atoms with Gasteiger partial charge in [0.05, 0.1) is 12.3 Å². The standard InChI is InChI=1S/C13H12N2O2/c1-8-4-12-13(14-6-8)15-10-5-9(7-16)2-3-11(10)17-12/h2-6,16H,7H2,1H3,(H,14,15). The highest BCUT2D eigenvalue weighted by molar-refractivity contribution is 5.73. The van der Waals surface area contributed by atoms with Crippen molar-refractivity contribution in [1.29, 1.82) is 0 Å². The lowest BCUT2D eigenvalue weighted by Crippen LogP contribution is -2.05. The summed E-state index contributed by atoms with van der Waals surface area (Å²) in [4.78, 5) is 4.27. The van der Waals surface area contributed by atoms with Crippen molar-refractivity contribution in [1.82, 2.24) is 4.98 Å². The van der Waals surface area contributed by atoms with E-state index in [4.69, 9.17) is 9.84 Å². The number of anilines is 2. The number of hydrogen-bond donors (Lipinski definition) is 2. The van der Waals surface area contributed by atoms with Crippen LogP contribution in [0.1, 0.15) is 11.1 Å². The second-order valence-corrected chi connectivity index (χ2v) is 4.08. The van der Waals surface area contributed by atoms with Crippen molar-refractivity contribution in [3.8, 4) is 11.5 Å². The van der Waals surface area contributed by atoms with Crippen molar-refractivity contribution >= 4 is 11.5 Å². The van der Waals surface area contributed by atoms with Crippen LogP contribution in [0.5, 0.6) is 11.5 Å². The van der Waals surface area contributed by atoms with Gasteiger partial charge in [0, 0.05) is 6.20 Å². The first-order chi connectivity index (χ1) is 8.26. The molecule has 0 fully saturated rings. The maximum Gasteiger partial charge on any atom is 0.173 e. The third kappa shape index (κ3) is 1.72. The van der Waals surface area contributed by atoms with Gasteiger partial charge in [-0.15, -0.1) is 0 Å². The van der Waals surface area contributed by atoms with Crippen molar-refractivity contribution < 1.29 is 9.84 Å². The summed E-state index contributed by atoms with van der Waals surface area (Å²) in [6, 6.07) is 7.49. The van der Waals surface area contributed by atoms with E-state index >= 15 is 0 Å². The number of pyridine rings is 1. The maximum absolute atomic E-state index is 9.09. The minimum Gasteiger partial charge on any atom is -0.451 e. The van der Waals surface area contributed by atoms with Crippen LogP contribution in [0.2, 0.25) is 0 Å². The van der Waals surface area contributed by atoms with Crippen LogP contribution >= 0.6 is 0 Å². The highest BCUT2D eigenvalue weighted by Crippen LogP contribution is 2.41. The first-order valence-electron chi connectivity index (χ1n) is 5.41. The molecule has 0 aliphatic carbocycles. The van der Waals surface area contributed by atoms with E-state index in [1.807, 2.05) is 31.2 Å². The fourth-order valence-corrected chi connectivity index (χ4v) is 1.82. The molecular weight excluding hydrogens is 216 g/mol. The van der Waals surface area contributed by atoms with E-state index < -0.39 is 0 Å². The molecular formula is C13H12N2O2. The molecule has 0 radical (unpaired) electrons. The van der Waals surface area contributed by atoms with Gasteiger partial charge in [-0.2, -0.15) is 0 Å². The largest absolute Gasteiger partial charge is 0.451 e. The fraction of sp³-hybridized carbons (Fsp3) is 0.154. The Balaban J connectivity index is 2.04. The molecule has 1 aliphatic rings. The molecule has 1 aromatic carbocycles. The second kappa shape index (κ2) is 3.75. The van der Waals surface area contributed by atoms with Gasteiger partial charge in [-0.05, 0) is 36.2 Å². The van der Waals surface area contributed by atoms with Gasteiger partial charge in [0.1, 0.15) is 0 Å². The Hall–Kier alpha value is -2.07. The monoisotopic (exact) mass is 228 g/mol. The Morgan fingerprint density at radius 1 is 1.29 bits per heavy atom. The van der Waals surface area contributed by atoms with Crippen molar-refractivity contribution in [2.75, 3.05) is 5.32 Å². The molecule has 0 unspecified atom stereocenters. The quantitative estimate of drug-likeness (QED) is 0.672. The van der Waals surface area contributed by atoms with Gasteiger partial charge in [-0.25, -0.2) is 4.98 Å². The Labute approximate surface area is 98.9 Å². The second-order valence-electron chi connectivity index (χ2n) is 4.08. The lowest BCUT2D eigenvalue weighted by atomic mass is 10.1. The number of aliphatic hydroxyl groups is 1. The summed E-state index contributed by atoms with van der Waals surface area (Å²) in [6.07, 6.45) is 1.79. The van der Waals surface area contributed by atoms with Gasteiger partial charge in [0.15, 0.2) is 17.3 Å². The highest BCUT2D eigenvalue weighted by Gasteiger charge is 2.17. The summed E-state index contributed by atoms with van der Waals surface area (Å²) in [5.41, 5.74) is 2.73. The van der Waals surface area contributed by atoms with Crippen LogP contribution in [0.15, 0.2) is 30.5 Å². The van der Waals surface area contributed by atoms with E-state index in [0.717, 1.165) is 28.3 Å². The van der Waals surface area contributed by atoms with Crippen molar-refractivity contribution in [2.24, 2.45) is 0 Å². The molecule has 2 heterocycles. The molecule has 4 nitrogen and oxygen atoms in total. The number of hydrogen-bond acceptors (Lipinski definition) is 4. The minimum atomic E-state index is 0.0170. The molecule has 17 heavy (non-hydrogen) atoms. The van der Waals surface area contributed by atoms with Crippen LogP contribution in [0, 0.1) is 6.92 Å². The van der Waals surface area contributed by atoms with Gasteiger partial charge >= 0.3 is 0 Å². The molecule has 4 heteroatoms. The van der Waals surface area contributed by atoms with E-state index in [9.17, 15) is 0 Å². The number of nitrogens with one attached hydrogen (secondary N) is 1. The zero-order valence-corrected chi connectivity index (χ0v) is 9.40. The Morgan fingerprint density at radius 2 is 2.18 bits per heavy atom. The van der Waals surface area contributed by atoms with E-state index in [0.29, 0.717) is 5.82 Å². The lowest BCUT2D eigenvalue weighted by molar-refractivity contribution is 0.282. The third-order valence-electron chi connectivity index (χ3n) is 2.69. The average Bonchev–Trinajstić information content (AvgIpc) is 2.35. The van der Waals surface area contributed by atoms with Crippen molar-refractivity contribution in [3.63, 3.8) is 0 Å². The molecule has 86 valence electrons. The lowest BCUT2D eigenvalue weighted by Gasteiger charge is -2.21. The number of rotatable bonds is 1. The Morgan fingerprint density at radius 3 is 3.00 bits per heavy atom. The molecule has 0 amide bonds. The number of aromatic nitrogens is 1. The first-order valence-corrected chi connectivity index (χ1v) is 5.41. The van der Waals surface area contributed by atoms with Gasteiger partial charge in [0.2, 0.25) is 0 Å². The van der Waals surface area contributed by atoms with Crippen LogP contribution in [0.4, 0.5) is 11.5 Å². The van der Waals surface area contributed by atoms with E-state index in [1.54, 1.807) is 6.20 Å². The van der Waals surface area contributed by atoms with Crippen LogP contribution in [0.3, 0.4) is 0 Å². The molecule has 0 spiro atoms. The third-order valence-corrected chi connectivity index (χ3v) is 2.69. The summed E-state index contributed by atoms with van der Waals surface area (Å²) in [5.74, 6) is 2.19. The predicted molar refractivity (Wildman–Crippen MR) is 64.7 cm³/mol. The SMILES string of the molecule is Cc1cnc2c(c1)Oc1ccc(CO)cc1N2. The molecule has 0 saturated heterocycles. The normalized spacial score (nSPS) is 12.1.